The summed E-state index contributed by atoms with van der Waals surface area (Å²) >= 11 is 1.69. The Bertz CT molecular complexity index is 1150. The summed E-state index contributed by atoms with van der Waals surface area (Å²) in [6.45, 7) is 4.35. The molecule has 0 fully saturated rings. The lowest BCUT2D eigenvalue weighted by Crippen LogP contribution is -2.38. The van der Waals surface area contributed by atoms with Crippen LogP contribution in [0, 0.1) is 6.92 Å². The van der Waals surface area contributed by atoms with Crippen molar-refractivity contribution in [2.24, 2.45) is 4.99 Å². The summed E-state index contributed by atoms with van der Waals surface area (Å²) in [5, 5.41) is 10.0. The molecule has 0 saturated carbocycles. The van der Waals surface area contributed by atoms with Crippen LogP contribution in [0.4, 0.5) is 0 Å². The van der Waals surface area contributed by atoms with E-state index >= 15 is 0 Å². The molecule has 0 aliphatic carbocycles. The van der Waals surface area contributed by atoms with E-state index in [1.807, 2.05) is 19.4 Å². The molecule has 6 nitrogen and oxygen atoms in total. The first-order chi connectivity index (χ1) is 15.7. The minimum Gasteiger partial charge on any atom is -0.356 e. The summed E-state index contributed by atoms with van der Waals surface area (Å²) in [6, 6.07) is 17.2. The molecule has 4 rings (SSSR count). The van der Waals surface area contributed by atoms with Crippen LogP contribution in [0.3, 0.4) is 0 Å². The Hall–Kier alpha value is -3.45. The highest BCUT2D eigenvalue weighted by Gasteiger charge is 2.07. The van der Waals surface area contributed by atoms with E-state index in [4.69, 9.17) is 0 Å². The van der Waals surface area contributed by atoms with Crippen LogP contribution in [0.2, 0.25) is 0 Å². The smallest absolute Gasteiger partial charge is 0.191 e. The number of benzene rings is 2. The van der Waals surface area contributed by atoms with Crippen LogP contribution in [0.1, 0.15) is 21.8 Å². The fraction of sp³-hybridized carbons (Fsp3) is 0.240. The van der Waals surface area contributed by atoms with E-state index in [0.717, 1.165) is 36.2 Å². The van der Waals surface area contributed by atoms with Crippen molar-refractivity contribution in [2.75, 3.05) is 13.6 Å². The number of thiazole rings is 1. The molecule has 4 aromatic rings. The van der Waals surface area contributed by atoms with Crippen molar-refractivity contribution in [3.05, 3.63) is 94.5 Å². The zero-order valence-corrected chi connectivity index (χ0v) is 19.3. The van der Waals surface area contributed by atoms with Crippen LogP contribution in [0.15, 0.2) is 77.6 Å². The van der Waals surface area contributed by atoms with E-state index in [0.29, 0.717) is 6.54 Å². The molecule has 2 aromatic carbocycles. The average Bonchev–Trinajstić information content (AvgIpc) is 3.48. The van der Waals surface area contributed by atoms with Crippen LogP contribution < -0.4 is 10.6 Å². The van der Waals surface area contributed by atoms with Gasteiger partial charge in [0.2, 0.25) is 0 Å². The zero-order valence-electron chi connectivity index (χ0n) is 18.5. The first kappa shape index (κ1) is 21.8. The third-order valence-corrected chi connectivity index (χ3v) is 6.04. The van der Waals surface area contributed by atoms with Gasteiger partial charge in [-0.3, -0.25) is 4.99 Å². The third kappa shape index (κ3) is 5.82. The van der Waals surface area contributed by atoms with E-state index in [-0.39, 0.29) is 0 Å². The third-order valence-electron chi connectivity index (χ3n) is 5.22. The minimum absolute atomic E-state index is 0.697. The van der Waals surface area contributed by atoms with Crippen LogP contribution in [-0.2, 0) is 19.5 Å². The second kappa shape index (κ2) is 10.7. The van der Waals surface area contributed by atoms with Gasteiger partial charge in [-0.1, -0.05) is 48.5 Å². The molecule has 2 N–H and O–H groups in total. The van der Waals surface area contributed by atoms with Gasteiger partial charge in [0, 0.05) is 50.9 Å². The summed E-state index contributed by atoms with van der Waals surface area (Å²) in [6.07, 6.45) is 6.51. The molecule has 0 unspecified atom stereocenters. The van der Waals surface area contributed by atoms with Gasteiger partial charge in [-0.2, -0.15) is 0 Å². The summed E-state index contributed by atoms with van der Waals surface area (Å²) in [4.78, 5) is 13.0. The Morgan fingerprint density at radius 2 is 1.94 bits per heavy atom. The number of imidazole rings is 1. The average molecular weight is 445 g/mol. The van der Waals surface area contributed by atoms with E-state index < -0.39 is 0 Å². The maximum Gasteiger partial charge on any atom is 0.191 e. The van der Waals surface area contributed by atoms with Gasteiger partial charge in [-0.15, -0.1) is 11.3 Å². The van der Waals surface area contributed by atoms with Gasteiger partial charge >= 0.3 is 0 Å². The van der Waals surface area contributed by atoms with E-state index in [1.165, 1.54) is 22.3 Å². The van der Waals surface area contributed by atoms with Gasteiger partial charge < -0.3 is 15.2 Å². The first-order valence-electron chi connectivity index (χ1n) is 10.7. The molecule has 32 heavy (non-hydrogen) atoms. The van der Waals surface area contributed by atoms with Gasteiger partial charge in [0.15, 0.2) is 5.96 Å². The lowest BCUT2D eigenvalue weighted by molar-refractivity contribution is 0.786. The van der Waals surface area contributed by atoms with Gasteiger partial charge in [0.25, 0.3) is 0 Å². The van der Waals surface area contributed by atoms with Crippen molar-refractivity contribution < 1.29 is 0 Å². The van der Waals surface area contributed by atoms with Crippen LogP contribution in [0.25, 0.3) is 11.1 Å². The molecule has 2 aromatic heterocycles. The SMILES string of the molecule is CN=C(NCCc1csc(C)n1)NCc1ccccc1-c1ccc(Cn2ccnc2)cc1. The molecule has 0 saturated heterocycles. The van der Waals surface area contributed by atoms with E-state index in [9.17, 15) is 0 Å². The second-order valence-corrected chi connectivity index (χ2v) is 8.61. The minimum atomic E-state index is 0.697. The quantitative estimate of drug-likeness (QED) is 0.315. The second-order valence-electron chi connectivity index (χ2n) is 7.55. The molecule has 0 spiro atoms. The Kier molecular flexibility index (Phi) is 7.30. The van der Waals surface area contributed by atoms with E-state index in [2.05, 4.69) is 84.1 Å². The number of guanidine groups is 1. The Labute approximate surface area is 193 Å². The summed E-state index contributed by atoms with van der Waals surface area (Å²) in [7, 11) is 1.80. The molecule has 164 valence electrons. The van der Waals surface area contributed by atoms with Crippen molar-refractivity contribution in [3.8, 4) is 11.1 Å². The zero-order chi connectivity index (χ0) is 22.2. The number of aliphatic imine (C=N–C) groups is 1. The lowest BCUT2D eigenvalue weighted by atomic mass is 9.98. The monoisotopic (exact) mass is 444 g/mol. The van der Waals surface area contributed by atoms with Crippen molar-refractivity contribution in [3.63, 3.8) is 0 Å². The van der Waals surface area contributed by atoms with Crippen molar-refractivity contribution in [2.45, 2.75) is 26.4 Å². The highest BCUT2D eigenvalue weighted by Crippen LogP contribution is 2.24. The lowest BCUT2D eigenvalue weighted by Gasteiger charge is -2.14. The Morgan fingerprint density at radius 1 is 1.09 bits per heavy atom. The summed E-state index contributed by atoms with van der Waals surface area (Å²) in [5.41, 5.74) is 6.04. The maximum atomic E-state index is 4.51. The number of aromatic nitrogens is 3. The molecular formula is C25H28N6S. The topological polar surface area (TPSA) is 67.1 Å². The van der Waals surface area contributed by atoms with E-state index in [1.54, 1.807) is 24.6 Å². The molecule has 0 atom stereocenters. The van der Waals surface area contributed by atoms with Crippen LogP contribution in [-0.4, -0.2) is 34.1 Å². The fourth-order valence-electron chi connectivity index (χ4n) is 3.57. The Morgan fingerprint density at radius 3 is 2.66 bits per heavy atom. The van der Waals surface area contributed by atoms with Gasteiger partial charge in [-0.25, -0.2) is 9.97 Å². The molecule has 2 heterocycles. The van der Waals surface area contributed by atoms with Crippen molar-refractivity contribution >= 4 is 17.3 Å². The van der Waals surface area contributed by atoms with Gasteiger partial charge in [0.05, 0.1) is 17.0 Å². The molecule has 0 aliphatic rings. The first-order valence-corrected chi connectivity index (χ1v) is 11.6. The molecule has 0 amide bonds. The van der Waals surface area contributed by atoms with Crippen LogP contribution in [0.5, 0.6) is 0 Å². The molecule has 0 aliphatic heterocycles. The molecule has 0 radical (unpaired) electrons. The highest BCUT2D eigenvalue weighted by atomic mass is 32.1. The Balaban J connectivity index is 1.36. The number of aryl methyl sites for hydroxylation is 1. The van der Waals surface area contributed by atoms with Crippen molar-refractivity contribution in [1.82, 2.24) is 25.2 Å². The summed E-state index contributed by atoms with van der Waals surface area (Å²) in [5.74, 6) is 0.794. The number of nitrogens with one attached hydrogen (secondary N) is 2. The van der Waals surface area contributed by atoms with Crippen molar-refractivity contribution in [1.29, 1.82) is 0 Å². The number of nitrogens with zero attached hydrogens (tertiary/aromatic N) is 4. The molecule has 0 bridgehead atoms. The predicted molar refractivity (Wildman–Crippen MR) is 132 cm³/mol. The number of rotatable bonds is 8. The maximum absolute atomic E-state index is 4.51. The predicted octanol–water partition coefficient (Wildman–Crippen LogP) is 4.27. The standard InChI is InChI=1S/C25H28N6S/c1-19-30-23(17-32-19)11-12-28-25(26-2)29-15-22-5-3-4-6-24(22)21-9-7-20(8-10-21)16-31-14-13-27-18-31/h3-10,13-14,17-18H,11-12,15-16H2,1-2H3,(H2,26,28,29). The summed E-state index contributed by atoms with van der Waals surface area (Å²) < 4.78 is 2.07. The number of hydrogen-bond donors (Lipinski definition) is 2. The van der Waals surface area contributed by atoms with Crippen LogP contribution >= 0.6 is 11.3 Å². The number of hydrogen-bond acceptors (Lipinski definition) is 4. The van der Waals surface area contributed by atoms with Gasteiger partial charge in [-0.05, 0) is 29.2 Å². The highest BCUT2D eigenvalue weighted by molar-refractivity contribution is 7.09. The molecule has 7 heteroatoms. The van der Waals surface area contributed by atoms with Gasteiger partial charge in [0.1, 0.15) is 0 Å². The largest absolute Gasteiger partial charge is 0.356 e. The molecular weight excluding hydrogens is 416 g/mol. The normalized spacial score (nSPS) is 11.5. The fourth-order valence-corrected chi connectivity index (χ4v) is 4.22.